The minimum absolute atomic E-state index is 0.741. The van der Waals surface area contributed by atoms with Crippen LogP contribution >= 0.6 is 0 Å². The Morgan fingerprint density at radius 2 is 0.733 bits per heavy atom. The van der Waals surface area contributed by atoms with E-state index in [-0.39, 0.29) is 0 Å². The van der Waals surface area contributed by atoms with Gasteiger partial charge in [-0.05, 0) is 79.5 Å². The largest absolute Gasteiger partial charge is 0.398 e. The van der Waals surface area contributed by atoms with Crippen LogP contribution in [-0.2, 0) is 0 Å². The third-order valence-electron chi connectivity index (χ3n) is 6.09. The Morgan fingerprint density at radius 3 is 1.13 bits per heavy atom. The van der Waals surface area contributed by atoms with Crippen LogP contribution < -0.4 is 11.5 Å². The average molecular weight is 384 g/mol. The van der Waals surface area contributed by atoms with Gasteiger partial charge in [-0.15, -0.1) is 0 Å². The molecule has 0 heterocycles. The van der Waals surface area contributed by atoms with Gasteiger partial charge >= 0.3 is 0 Å². The number of hydrogen-bond acceptors (Lipinski definition) is 2. The molecule has 0 aliphatic rings. The molecule has 0 fully saturated rings. The molecule has 0 amide bonds. The minimum Gasteiger partial charge on any atom is -0.398 e. The maximum Gasteiger partial charge on any atom is 0.0401 e. The number of fused-ring (bicyclic) bond motifs is 4. The Balaban J connectivity index is 1.78. The van der Waals surface area contributed by atoms with E-state index in [1.807, 2.05) is 12.1 Å². The quantitative estimate of drug-likeness (QED) is 0.234. The van der Waals surface area contributed by atoms with E-state index in [2.05, 4.69) is 84.9 Å². The molecule has 0 unspecified atom stereocenters. The first-order chi connectivity index (χ1) is 14.7. The van der Waals surface area contributed by atoms with Gasteiger partial charge in [0.25, 0.3) is 0 Å². The molecule has 2 nitrogen and oxygen atoms in total. The van der Waals surface area contributed by atoms with Crippen LogP contribution in [0, 0.1) is 0 Å². The van der Waals surface area contributed by atoms with Crippen molar-refractivity contribution < 1.29 is 0 Å². The molecule has 0 aromatic heterocycles. The lowest BCUT2D eigenvalue weighted by molar-refractivity contribution is 1.67. The summed E-state index contributed by atoms with van der Waals surface area (Å²) in [6, 6.07) is 33.9. The maximum absolute atomic E-state index is 6.58. The molecule has 0 atom stereocenters. The summed E-state index contributed by atoms with van der Waals surface area (Å²) < 4.78 is 0. The highest BCUT2D eigenvalue weighted by atomic mass is 14.6. The summed E-state index contributed by atoms with van der Waals surface area (Å²) in [4.78, 5) is 0. The van der Waals surface area contributed by atoms with Crippen molar-refractivity contribution in [2.45, 2.75) is 0 Å². The zero-order valence-electron chi connectivity index (χ0n) is 16.4. The van der Waals surface area contributed by atoms with Gasteiger partial charge in [0.15, 0.2) is 0 Å². The average Bonchev–Trinajstić information content (AvgIpc) is 2.77. The standard InChI is InChI=1S/C28H20N2/c29-25-11-9-21-13-17-5-1-3-7-19(17)15-23(21)27(25)28-24-16-20-8-4-2-6-18(20)14-22(24)10-12-26(28)30/h1-16H,29-30H2. The summed E-state index contributed by atoms with van der Waals surface area (Å²) in [5.74, 6) is 0. The Labute approximate surface area is 174 Å². The van der Waals surface area contributed by atoms with Crippen LogP contribution in [0.5, 0.6) is 0 Å². The Hall–Kier alpha value is -4.04. The molecule has 0 aliphatic carbocycles. The van der Waals surface area contributed by atoms with Crippen LogP contribution in [0.3, 0.4) is 0 Å². The fourth-order valence-corrected chi connectivity index (χ4v) is 4.62. The Kier molecular flexibility index (Phi) is 3.50. The number of benzene rings is 6. The third-order valence-corrected chi connectivity index (χ3v) is 6.09. The molecule has 4 N–H and O–H groups in total. The summed E-state index contributed by atoms with van der Waals surface area (Å²) in [5.41, 5.74) is 16.7. The maximum atomic E-state index is 6.58. The van der Waals surface area contributed by atoms with Gasteiger partial charge in [-0.2, -0.15) is 0 Å². The lowest BCUT2D eigenvalue weighted by Crippen LogP contribution is -1.97. The molecule has 142 valence electrons. The van der Waals surface area contributed by atoms with E-state index in [0.29, 0.717) is 0 Å². The second-order valence-electron chi connectivity index (χ2n) is 7.90. The van der Waals surface area contributed by atoms with E-state index in [1.165, 1.54) is 21.5 Å². The smallest absolute Gasteiger partial charge is 0.0401 e. The van der Waals surface area contributed by atoms with Crippen LogP contribution in [-0.4, -0.2) is 0 Å². The Bertz CT molecular complexity index is 1490. The van der Waals surface area contributed by atoms with Crippen molar-refractivity contribution in [1.29, 1.82) is 0 Å². The number of nitrogens with two attached hydrogens (primary N) is 2. The second-order valence-corrected chi connectivity index (χ2v) is 7.90. The van der Waals surface area contributed by atoms with E-state index < -0.39 is 0 Å². The molecule has 0 saturated heterocycles. The van der Waals surface area contributed by atoms with Gasteiger partial charge in [0, 0.05) is 22.5 Å². The summed E-state index contributed by atoms with van der Waals surface area (Å²) in [7, 11) is 0. The highest BCUT2D eigenvalue weighted by Gasteiger charge is 2.16. The van der Waals surface area contributed by atoms with E-state index >= 15 is 0 Å². The highest BCUT2D eigenvalue weighted by molar-refractivity contribution is 6.17. The molecule has 0 bridgehead atoms. The summed E-state index contributed by atoms with van der Waals surface area (Å²) in [6.45, 7) is 0. The predicted molar refractivity (Wildman–Crippen MR) is 131 cm³/mol. The van der Waals surface area contributed by atoms with Gasteiger partial charge in [-0.1, -0.05) is 60.7 Å². The van der Waals surface area contributed by atoms with Crippen molar-refractivity contribution in [2.75, 3.05) is 11.5 Å². The predicted octanol–water partition coefficient (Wildman–Crippen LogP) is 7.13. The number of anilines is 2. The minimum atomic E-state index is 0.741. The first kappa shape index (κ1) is 16.9. The van der Waals surface area contributed by atoms with Crippen molar-refractivity contribution in [3.8, 4) is 11.1 Å². The van der Waals surface area contributed by atoms with Crippen molar-refractivity contribution in [3.05, 3.63) is 97.1 Å². The molecule has 6 aromatic carbocycles. The topological polar surface area (TPSA) is 52.0 Å². The first-order valence-corrected chi connectivity index (χ1v) is 10.1. The lowest BCUT2D eigenvalue weighted by atomic mass is 9.89. The Morgan fingerprint density at radius 1 is 0.367 bits per heavy atom. The van der Waals surface area contributed by atoms with Gasteiger partial charge in [0.05, 0.1) is 0 Å². The summed E-state index contributed by atoms with van der Waals surface area (Å²) >= 11 is 0. The van der Waals surface area contributed by atoms with Gasteiger partial charge < -0.3 is 11.5 Å². The molecule has 0 aliphatic heterocycles. The molecule has 2 heteroatoms. The monoisotopic (exact) mass is 384 g/mol. The SMILES string of the molecule is Nc1ccc2cc3ccccc3cc2c1-c1c(N)ccc2cc3ccccc3cc12. The van der Waals surface area contributed by atoms with Crippen LogP contribution in [0.25, 0.3) is 54.2 Å². The molecule has 0 spiro atoms. The zero-order valence-corrected chi connectivity index (χ0v) is 16.4. The van der Waals surface area contributed by atoms with Gasteiger partial charge in [-0.3, -0.25) is 0 Å². The number of hydrogen-bond donors (Lipinski definition) is 2. The zero-order chi connectivity index (χ0) is 20.2. The number of nitrogen functional groups attached to an aromatic ring is 2. The van der Waals surface area contributed by atoms with Crippen LogP contribution in [0.2, 0.25) is 0 Å². The van der Waals surface area contributed by atoms with Gasteiger partial charge in [-0.25, -0.2) is 0 Å². The van der Waals surface area contributed by atoms with Gasteiger partial charge in [0.1, 0.15) is 0 Å². The summed E-state index contributed by atoms with van der Waals surface area (Å²) in [5, 5.41) is 9.41. The molecular weight excluding hydrogens is 364 g/mol. The van der Waals surface area contributed by atoms with E-state index in [9.17, 15) is 0 Å². The molecule has 0 radical (unpaired) electrons. The molecule has 6 rings (SSSR count). The van der Waals surface area contributed by atoms with Crippen molar-refractivity contribution in [1.82, 2.24) is 0 Å². The first-order valence-electron chi connectivity index (χ1n) is 10.1. The van der Waals surface area contributed by atoms with Crippen molar-refractivity contribution >= 4 is 54.5 Å². The highest BCUT2D eigenvalue weighted by Crippen LogP contribution is 2.43. The second kappa shape index (κ2) is 6.23. The molecule has 6 aromatic rings. The van der Waals surface area contributed by atoms with E-state index in [1.54, 1.807) is 0 Å². The van der Waals surface area contributed by atoms with E-state index in [4.69, 9.17) is 11.5 Å². The van der Waals surface area contributed by atoms with Gasteiger partial charge in [0.2, 0.25) is 0 Å². The van der Waals surface area contributed by atoms with Crippen molar-refractivity contribution in [2.24, 2.45) is 0 Å². The molecule has 0 saturated carbocycles. The third kappa shape index (κ3) is 2.44. The lowest BCUT2D eigenvalue weighted by Gasteiger charge is -2.17. The van der Waals surface area contributed by atoms with Crippen LogP contribution in [0.4, 0.5) is 11.4 Å². The van der Waals surface area contributed by atoms with E-state index in [0.717, 1.165) is 44.0 Å². The fraction of sp³-hybridized carbons (Fsp3) is 0. The fourth-order valence-electron chi connectivity index (χ4n) is 4.62. The van der Waals surface area contributed by atoms with Crippen LogP contribution in [0.1, 0.15) is 0 Å². The number of rotatable bonds is 1. The molecular formula is C28H20N2. The van der Waals surface area contributed by atoms with Crippen LogP contribution in [0.15, 0.2) is 97.1 Å². The normalized spacial score (nSPS) is 11.6. The summed E-state index contributed by atoms with van der Waals surface area (Å²) in [6.07, 6.45) is 0. The van der Waals surface area contributed by atoms with Crippen molar-refractivity contribution in [3.63, 3.8) is 0 Å². The molecule has 30 heavy (non-hydrogen) atoms.